The third kappa shape index (κ3) is 3.88. The molecule has 8 heteroatoms. The molecule has 0 saturated carbocycles. The van der Waals surface area contributed by atoms with Crippen molar-refractivity contribution in [2.24, 2.45) is 0 Å². The van der Waals surface area contributed by atoms with Gasteiger partial charge < -0.3 is 9.80 Å². The smallest absolute Gasteiger partial charge is 0.254 e. The summed E-state index contributed by atoms with van der Waals surface area (Å²) >= 11 is 0. The van der Waals surface area contributed by atoms with E-state index in [2.05, 4.69) is 15.8 Å². The molecule has 0 aliphatic carbocycles. The Labute approximate surface area is 162 Å². The quantitative estimate of drug-likeness (QED) is 0.831. The Hall–Kier alpha value is -2.84. The molecule has 1 aromatic carbocycles. The van der Waals surface area contributed by atoms with Crippen LogP contribution < -0.4 is 10.9 Å². The minimum absolute atomic E-state index is 0.00834. The monoisotopic (exact) mass is 383 g/mol. The SMILES string of the molecule is O=C(c1cccc(F)c1)N1CCN(C(=O)C2CC(c3ccccn3)NN2)CC1. The molecule has 2 saturated heterocycles. The van der Waals surface area contributed by atoms with Gasteiger partial charge in [0.15, 0.2) is 0 Å². The fourth-order valence-corrected chi connectivity index (χ4v) is 3.65. The largest absolute Gasteiger partial charge is 0.338 e. The van der Waals surface area contributed by atoms with Crippen molar-refractivity contribution >= 4 is 11.8 Å². The molecule has 7 nitrogen and oxygen atoms in total. The lowest BCUT2D eigenvalue weighted by molar-refractivity contribution is -0.134. The first-order valence-electron chi connectivity index (χ1n) is 9.37. The van der Waals surface area contributed by atoms with Crippen LogP contribution in [0.4, 0.5) is 4.39 Å². The van der Waals surface area contributed by atoms with E-state index in [1.807, 2.05) is 18.2 Å². The molecule has 2 amide bonds. The molecule has 0 spiro atoms. The normalized spacial score (nSPS) is 22.3. The van der Waals surface area contributed by atoms with Gasteiger partial charge in [-0.05, 0) is 36.8 Å². The molecule has 2 atom stereocenters. The summed E-state index contributed by atoms with van der Waals surface area (Å²) < 4.78 is 13.3. The van der Waals surface area contributed by atoms with Crippen molar-refractivity contribution in [1.82, 2.24) is 25.6 Å². The number of pyridine rings is 1. The summed E-state index contributed by atoms with van der Waals surface area (Å²) in [6, 6.07) is 11.1. The van der Waals surface area contributed by atoms with Crippen molar-refractivity contribution < 1.29 is 14.0 Å². The number of carbonyl (C=O) groups is 2. The van der Waals surface area contributed by atoms with Crippen LogP contribution in [0.1, 0.15) is 28.5 Å². The van der Waals surface area contributed by atoms with E-state index in [9.17, 15) is 14.0 Å². The minimum Gasteiger partial charge on any atom is -0.338 e. The van der Waals surface area contributed by atoms with E-state index >= 15 is 0 Å². The van der Waals surface area contributed by atoms with Crippen LogP contribution in [-0.4, -0.2) is 58.8 Å². The third-order valence-corrected chi connectivity index (χ3v) is 5.20. The second kappa shape index (κ2) is 8.04. The molecule has 146 valence electrons. The number of benzene rings is 1. The maximum absolute atomic E-state index is 13.3. The number of nitrogens with one attached hydrogen (secondary N) is 2. The molecule has 0 bridgehead atoms. The van der Waals surface area contributed by atoms with Crippen molar-refractivity contribution in [3.8, 4) is 0 Å². The standard InChI is InChI=1S/C20H22FN5O2/c21-15-5-3-4-14(12-15)19(27)25-8-10-26(11-9-25)20(28)18-13-17(23-24-18)16-6-1-2-7-22-16/h1-7,12,17-18,23-24H,8-11,13H2. The zero-order valence-electron chi connectivity index (χ0n) is 15.3. The molecule has 2 aliphatic rings. The lowest BCUT2D eigenvalue weighted by Gasteiger charge is -2.35. The van der Waals surface area contributed by atoms with E-state index in [1.165, 1.54) is 18.2 Å². The van der Waals surface area contributed by atoms with Crippen LogP contribution in [0, 0.1) is 5.82 Å². The summed E-state index contributed by atoms with van der Waals surface area (Å²) in [7, 11) is 0. The molecule has 2 N–H and O–H groups in total. The van der Waals surface area contributed by atoms with E-state index < -0.39 is 5.82 Å². The fourth-order valence-electron chi connectivity index (χ4n) is 3.65. The number of hydrazine groups is 1. The average Bonchev–Trinajstić information content (AvgIpc) is 3.24. The Balaban J connectivity index is 1.31. The molecule has 28 heavy (non-hydrogen) atoms. The van der Waals surface area contributed by atoms with Crippen LogP contribution in [0.5, 0.6) is 0 Å². The molecule has 1 aromatic heterocycles. The van der Waals surface area contributed by atoms with Gasteiger partial charge in [-0.1, -0.05) is 12.1 Å². The zero-order chi connectivity index (χ0) is 19.5. The first-order valence-corrected chi connectivity index (χ1v) is 9.37. The van der Waals surface area contributed by atoms with E-state index in [4.69, 9.17) is 0 Å². The summed E-state index contributed by atoms with van der Waals surface area (Å²) in [5.74, 6) is -0.617. The molecule has 3 heterocycles. The fraction of sp³-hybridized carbons (Fsp3) is 0.350. The molecule has 0 radical (unpaired) electrons. The summed E-state index contributed by atoms with van der Waals surface area (Å²) in [4.78, 5) is 33.1. The number of rotatable bonds is 3. The lowest BCUT2D eigenvalue weighted by atomic mass is 10.1. The molecule has 4 rings (SSSR count). The third-order valence-electron chi connectivity index (χ3n) is 5.20. The van der Waals surface area contributed by atoms with Gasteiger partial charge in [0, 0.05) is 37.9 Å². The second-order valence-corrected chi connectivity index (χ2v) is 7.01. The first-order chi connectivity index (χ1) is 13.6. The van der Waals surface area contributed by atoms with Crippen molar-refractivity contribution in [2.45, 2.75) is 18.5 Å². The maximum atomic E-state index is 13.3. The van der Waals surface area contributed by atoms with Crippen LogP contribution in [-0.2, 0) is 4.79 Å². The van der Waals surface area contributed by atoms with Crippen molar-refractivity contribution in [2.75, 3.05) is 26.2 Å². The summed E-state index contributed by atoms with van der Waals surface area (Å²) in [6.07, 6.45) is 2.36. The summed E-state index contributed by atoms with van der Waals surface area (Å²) in [5.41, 5.74) is 7.43. The van der Waals surface area contributed by atoms with Crippen LogP contribution in [0.25, 0.3) is 0 Å². The van der Waals surface area contributed by atoms with Gasteiger partial charge in [-0.2, -0.15) is 0 Å². The highest BCUT2D eigenvalue weighted by Gasteiger charge is 2.35. The van der Waals surface area contributed by atoms with Gasteiger partial charge >= 0.3 is 0 Å². The number of aromatic nitrogens is 1. The number of amides is 2. The number of carbonyl (C=O) groups excluding carboxylic acids is 2. The van der Waals surface area contributed by atoms with Crippen LogP contribution in [0.15, 0.2) is 48.7 Å². The van der Waals surface area contributed by atoms with Gasteiger partial charge in [0.1, 0.15) is 11.9 Å². The highest BCUT2D eigenvalue weighted by molar-refractivity contribution is 5.94. The Kier molecular flexibility index (Phi) is 5.31. The first kappa shape index (κ1) is 18.5. The Morgan fingerprint density at radius 2 is 1.79 bits per heavy atom. The second-order valence-electron chi connectivity index (χ2n) is 7.01. The number of hydrogen-bond acceptors (Lipinski definition) is 5. The predicted octanol–water partition coefficient (Wildman–Crippen LogP) is 1.11. The molecule has 2 fully saturated rings. The number of nitrogens with zero attached hydrogens (tertiary/aromatic N) is 3. The Morgan fingerprint density at radius 3 is 2.50 bits per heavy atom. The van der Waals surface area contributed by atoms with Gasteiger partial charge in [-0.3, -0.25) is 14.6 Å². The van der Waals surface area contributed by atoms with E-state index in [-0.39, 0.29) is 23.9 Å². The molecule has 2 aliphatic heterocycles. The lowest BCUT2D eigenvalue weighted by Crippen LogP contribution is -2.54. The predicted molar refractivity (Wildman–Crippen MR) is 101 cm³/mol. The van der Waals surface area contributed by atoms with Crippen LogP contribution >= 0.6 is 0 Å². The van der Waals surface area contributed by atoms with Crippen molar-refractivity contribution in [3.63, 3.8) is 0 Å². The van der Waals surface area contributed by atoms with E-state index in [1.54, 1.807) is 22.1 Å². The van der Waals surface area contributed by atoms with E-state index in [0.29, 0.717) is 38.2 Å². The average molecular weight is 383 g/mol. The van der Waals surface area contributed by atoms with Crippen molar-refractivity contribution in [3.05, 3.63) is 65.7 Å². The minimum atomic E-state index is -0.429. The van der Waals surface area contributed by atoms with Gasteiger partial charge in [-0.25, -0.2) is 15.2 Å². The highest BCUT2D eigenvalue weighted by Crippen LogP contribution is 2.21. The zero-order valence-corrected chi connectivity index (χ0v) is 15.3. The van der Waals surface area contributed by atoms with Crippen molar-refractivity contribution in [1.29, 1.82) is 0 Å². The van der Waals surface area contributed by atoms with Gasteiger partial charge in [-0.15, -0.1) is 0 Å². The Morgan fingerprint density at radius 1 is 1.00 bits per heavy atom. The molecular weight excluding hydrogens is 361 g/mol. The van der Waals surface area contributed by atoms with Gasteiger partial charge in [0.2, 0.25) is 5.91 Å². The van der Waals surface area contributed by atoms with Crippen LogP contribution in [0.2, 0.25) is 0 Å². The number of piperazine rings is 1. The number of halogens is 1. The van der Waals surface area contributed by atoms with E-state index in [0.717, 1.165) is 5.69 Å². The van der Waals surface area contributed by atoms with Gasteiger partial charge in [0.25, 0.3) is 5.91 Å². The highest BCUT2D eigenvalue weighted by atomic mass is 19.1. The maximum Gasteiger partial charge on any atom is 0.254 e. The van der Waals surface area contributed by atoms with Crippen LogP contribution in [0.3, 0.4) is 0 Å². The molecule has 2 aromatic rings. The Bertz CT molecular complexity index is 855. The number of hydrogen-bond donors (Lipinski definition) is 2. The summed E-state index contributed by atoms with van der Waals surface area (Å²) in [6.45, 7) is 1.80. The molecule has 2 unspecified atom stereocenters. The molecular formula is C20H22FN5O2. The summed E-state index contributed by atoms with van der Waals surface area (Å²) in [5, 5.41) is 0. The topological polar surface area (TPSA) is 77.6 Å². The van der Waals surface area contributed by atoms with Gasteiger partial charge in [0.05, 0.1) is 11.7 Å².